The molecule has 0 saturated carbocycles. The second-order valence-corrected chi connectivity index (χ2v) is 7.95. The van der Waals surface area contributed by atoms with E-state index in [2.05, 4.69) is 10.3 Å². The summed E-state index contributed by atoms with van der Waals surface area (Å²) < 4.78 is 10.4. The minimum atomic E-state index is -0.109. The molecule has 9 heteroatoms. The van der Waals surface area contributed by atoms with Crippen LogP contribution in [0, 0.1) is 0 Å². The lowest BCUT2D eigenvalue weighted by atomic mass is 10.2. The molecule has 0 unspecified atom stereocenters. The zero-order valence-electron chi connectivity index (χ0n) is 18.3. The number of halogens is 2. The summed E-state index contributed by atoms with van der Waals surface area (Å²) in [6.07, 6.45) is 0.912. The summed E-state index contributed by atoms with van der Waals surface area (Å²) in [5, 5.41) is 4.62. The van der Waals surface area contributed by atoms with E-state index in [0.717, 1.165) is 11.1 Å². The molecule has 0 aliphatic heterocycles. The van der Waals surface area contributed by atoms with Gasteiger partial charge in [-0.15, -0.1) is 0 Å². The van der Waals surface area contributed by atoms with Crippen LogP contribution in [-0.2, 0) is 16.0 Å². The normalized spacial score (nSPS) is 10.9. The molecule has 1 heterocycles. The van der Waals surface area contributed by atoms with E-state index in [1.54, 1.807) is 50.6 Å². The largest absolute Gasteiger partial charge is 0.497 e. The summed E-state index contributed by atoms with van der Waals surface area (Å²) in [4.78, 5) is 23.9. The molecule has 0 bridgehead atoms. The van der Waals surface area contributed by atoms with Crippen molar-refractivity contribution in [2.45, 2.75) is 19.8 Å². The lowest BCUT2D eigenvalue weighted by Crippen LogP contribution is -2.32. The Bertz CT molecular complexity index is 1080. The van der Waals surface area contributed by atoms with Crippen molar-refractivity contribution in [2.75, 3.05) is 44.1 Å². The molecule has 0 saturated heterocycles. The molecule has 3 aromatic rings. The van der Waals surface area contributed by atoms with Gasteiger partial charge in [-0.2, -0.15) is 0 Å². The number of rotatable bonds is 10. The van der Waals surface area contributed by atoms with Crippen LogP contribution < -0.4 is 15.0 Å². The van der Waals surface area contributed by atoms with E-state index >= 15 is 0 Å². The SMILES string of the molecule is CCc1nc(N(CCOC)CCC(=O)Nc2ccc(OC)cc2)c2cc(Cl)cc(Cl)c2n1. The zero-order chi connectivity index (χ0) is 23.1. The first-order chi connectivity index (χ1) is 15.4. The molecule has 0 spiro atoms. The van der Waals surface area contributed by atoms with Gasteiger partial charge < -0.3 is 19.7 Å². The van der Waals surface area contributed by atoms with Crippen molar-refractivity contribution in [3.8, 4) is 5.75 Å². The van der Waals surface area contributed by atoms with Crippen LogP contribution in [0.15, 0.2) is 36.4 Å². The number of hydrogen-bond donors (Lipinski definition) is 1. The summed E-state index contributed by atoms with van der Waals surface area (Å²) in [5.74, 6) is 1.98. The highest BCUT2D eigenvalue weighted by atomic mass is 35.5. The molecule has 0 atom stereocenters. The number of aromatic nitrogens is 2. The van der Waals surface area contributed by atoms with Crippen LogP contribution in [0.5, 0.6) is 5.75 Å². The van der Waals surface area contributed by atoms with E-state index < -0.39 is 0 Å². The Hall–Kier alpha value is -2.61. The van der Waals surface area contributed by atoms with Crippen molar-refractivity contribution in [2.24, 2.45) is 0 Å². The first-order valence-corrected chi connectivity index (χ1v) is 11.0. The maximum absolute atomic E-state index is 12.6. The highest BCUT2D eigenvalue weighted by molar-refractivity contribution is 6.38. The molecule has 0 radical (unpaired) electrons. The molecule has 170 valence electrons. The topological polar surface area (TPSA) is 76.6 Å². The number of aryl methyl sites for hydroxylation is 1. The molecule has 1 aromatic heterocycles. The Morgan fingerprint density at radius 1 is 1.09 bits per heavy atom. The van der Waals surface area contributed by atoms with E-state index in [-0.39, 0.29) is 12.3 Å². The fourth-order valence-electron chi connectivity index (χ4n) is 3.25. The quantitative estimate of drug-likeness (QED) is 0.444. The maximum Gasteiger partial charge on any atom is 0.226 e. The maximum atomic E-state index is 12.6. The molecule has 2 aromatic carbocycles. The second-order valence-electron chi connectivity index (χ2n) is 7.11. The Kier molecular flexibility index (Phi) is 8.50. The van der Waals surface area contributed by atoms with E-state index in [1.807, 2.05) is 11.8 Å². The van der Waals surface area contributed by atoms with Crippen molar-refractivity contribution in [3.63, 3.8) is 0 Å². The third kappa shape index (κ3) is 6.00. The third-order valence-corrected chi connectivity index (χ3v) is 5.41. The minimum Gasteiger partial charge on any atom is -0.497 e. The number of fused-ring (bicyclic) bond motifs is 1. The Morgan fingerprint density at radius 2 is 1.84 bits per heavy atom. The van der Waals surface area contributed by atoms with Gasteiger partial charge in [-0.05, 0) is 36.4 Å². The third-order valence-electron chi connectivity index (χ3n) is 4.91. The predicted octanol–water partition coefficient (Wildman–Crippen LogP) is 4.99. The molecular weight excluding hydrogens is 451 g/mol. The lowest BCUT2D eigenvalue weighted by molar-refractivity contribution is -0.116. The number of hydrogen-bond acceptors (Lipinski definition) is 6. The monoisotopic (exact) mass is 476 g/mol. The van der Waals surface area contributed by atoms with Crippen molar-refractivity contribution >= 4 is 51.5 Å². The number of carbonyl (C=O) groups is 1. The highest BCUT2D eigenvalue weighted by Gasteiger charge is 2.18. The van der Waals surface area contributed by atoms with Gasteiger partial charge in [0.15, 0.2) is 0 Å². The summed E-state index contributed by atoms with van der Waals surface area (Å²) in [6, 6.07) is 10.7. The fraction of sp³-hybridized carbons (Fsp3) is 0.348. The van der Waals surface area contributed by atoms with Gasteiger partial charge in [-0.3, -0.25) is 4.79 Å². The van der Waals surface area contributed by atoms with Gasteiger partial charge in [0, 0.05) is 49.1 Å². The van der Waals surface area contributed by atoms with Crippen LogP contribution in [0.4, 0.5) is 11.5 Å². The number of nitrogens with one attached hydrogen (secondary N) is 1. The van der Waals surface area contributed by atoms with E-state index in [1.165, 1.54) is 0 Å². The van der Waals surface area contributed by atoms with Gasteiger partial charge in [0.2, 0.25) is 5.91 Å². The van der Waals surface area contributed by atoms with Gasteiger partial charge in [-0.25, -0.2) is 9.97 Å². The Labute approximate surface area is 197 Å². The molecule has 3 rings (SSSR count). The fourth-order valence-corrected chi connectivity index (χ4v) is 3.78. The molecule has 0 aliphatic carbocycles. The van der Waals surface area contributed by atoms with Crippen LogP contribution >= 0.6 is 23.2 Å². The first-order valence-electron chi connectivity index (χ1n) is 10.3. The van der Waals surface area contributed by atoms with Crippen LogP contribution in [0.2, 0.25) is 10.0 Å². The van der Waals surface area contributed by atoms with E-state index in [9.17, 15) is 4.79 Å². The summed E-state index contributed by atoms with van der Waals surface area (Å²) in [7, 11) is 3.24. The van der Waals surface area contributed by atoms with Gasteiger partial charge in [0.25, 0.3) is 0 Å². The van der Waals surface area contributed by atoms with E-state index in [4.69, 9.17) is 37.7 Å². The lowest BCUT2D eigenvalue weighted by Gasteiger charge is -2.25. The number of methoxy groups -OCH3 is 2. The van der Waals surface area contributed by atoms with Crippen molar-refractivity contribution in [1.82, 2.24) is 9.97 Å². The van der Waals surface area contributed by atoms with Crippen molar-refractivity contribution < 1.29 is 14.3 Å². The van der Waals surface area contributed by atoms with Crippen LogP contribution in [0.3, 0.4) is 0 Å². The molecule has 32 heavy (non-hydrogen) atoms. The standard InChI is InChI=1S/C23H26Cl2N4O3/c1-4-20-27-22-18(13-15(24)14-19(22)25)23(28-20)29(11-12-31-2)10-9-21(30)26-16-5-7-17(32-3)8-6-16/h5-8,13-14H,4,9-12H2,1-3H3,(H,26,30). The average Bonchev–Trinajstić information content (AvgIpc) is 2.79. The highest BCUT2D eigenvalue weighted by Crippen LogP contribution is 2.32. The minimum absolute atomic E-state index is 0.109. The number of nitrogens with zero attached hydrogens (tertiary/aromatic N) is 3. The van der Waals surface area contributed by atoms with Gasteiger partial charge in [0.1, 0.15) is 17.4 Å². The molecule has 1 amide bonds. The number of amides is 1. The van der Waals surface area contributed by atoms with Gasteiger partial charge in [0.05, 0.1) is 24.3 Å². The predicted molar refractivity (Wildman–Crippen MR) is 129 cm³/mol. The number of carbonyl (C=O) groups excluding carboxylic acids is 1. The van der Waals surface area contributed by atoms with Gasteiger partial charge in [-0.1, -0.05) is 30.1 Å². The molecule has 0 aliphatic rings. The zero-order valence-corrected chi connectivity index (χ0v) is 19.8. The summed E-state index contributed by atoms with van der Waals surface area (Å²) in [6.45, 7) is 3.44. The number of benzene rings is 2. The smallest absolute Gasteiger partial charge is 0.226 e. The van der Waals surface area contributed by atoms with Crippen molar-refractivity contribution in [3.05, 3.63) is 52.3 Å². The van der Waals surface area contributed by atoms with E-state index in [0.29, 0.717) is 59.0 Å². The summed E-state index contributed by atoms with van der Waals surface area (Å²) >= 11 is 12.7. The first kappa shape index (κ1) is 24.0. The molecular formula is C23H26Cl2N4O3. The molecule has 0 fully saturated rings. The number of ether oxygens (including phenoxy) is 2. The molecule has 1 N–H and O–H groups in total. The van der Waals surface area contributed by atoms with Crippen LogP contribution in [0.25, 0.3) is 10.9 Å². The van der Waals surface area contributed by atoms with Crippen LogP contribution in [-0.4, -0.2) is 49.8 Å². The van der Waals surface area contributed by atoms with Gasteiger partial charge >= 0.3 is 0 Å². The summed E-state index contributed by atoms with van der Waals surface area (Å²) in [5.41, 5.74) is 1.35. The van der Waals surface area contributed by atoms with Crippen molar-refractivity contribution in [1.29, 1.82) is 0 Å². The number of anilines is 2. The molecule has 7 nitrogen and oxygen atoms in total. The second kappa shape index (κ2) is 11.3. The van der Waals surface area contributed by atoms with Crippen LogP contribution in [0.1, 0.15) is 19.2 Å². The Balaban J connectivity index is 1.84. The Morgan fingerprint density at radius 3 is 2.50 bits per heavy atom. The average molecular weight is 477 g/mol.